The topological polar surface area (TPSA) is 72.5 Å². The zero-order valence-corrected chi connectivity index (χ0v) is 18.3. The van der Waals surface area contributed by atoms with E-state index in [9.17, 15) is 14.0 Å². The predicted octanol–water partition coefficient (Wildman–Crippen LogP) is 2.64. The molecule has 1 saturated heterocycles. The average Bonchev–Trinajstić information content (AvgIpc) is 3.29. The number of aromatic amines is 1. The van der Waals surface area contributed by atoms with Gasteiger partial charge in [-0.3, -0.25) is 14.7 Å². The van der Waals surface area contributed by atoms with Crippen molar-refractivity contribution in [3.05, 3.63) is 82.9 Å². The van der Waals surface area contributed by atoms with Crippen molar-refractivity contribution < 1.29 is 14.0 Å². The molecule has 0 bridgehead atoms. The van der Waals surface area contributed by atoms with Gasteiger partial charge in [0.15, 0.2) is 5.69 Å². The number of anilines is 1. The van der Waals surface area contributed by atoms with Crippen LogP contribution >= 0.6 is 0 Å². The first-order valence-electron chi connectivity index (χ1n) is 11.3. The summed E-state index contributed by atoms with van der Waals surface area (Å²) in [6.45, 7) is 3.72. The van der Waals surface area contributed by atoms with E-state index in [1.807, 2.05) is 23.1 Å². The molecule has 2 aromatic carbocycles. The predicted molar refractivity (Wildman–Crippen MR) is 122 cm³/mol. The third kappa shape index (κ3) is 4.46. The Morgan fingerprint density at radius 1 is 0.909 bits per heavy atom. The van der Waals surface area contributed by atoms with Crippen molar-refractivity contribution >= 4 is 17.5 Å². The number of piperazine rings is 1. The van der Waals surface area contributed by atoms with Gasteiger partial charge in [0, 0.05) is 62.6 Å². The Morgan fingerprint density at radius 2 is 1.64 bits per heavy atom. The second-order valence-electron chi connectivity index (χ2n) is 8.51. The van der Waals surface area contributed by atoms with Crippen molar-refractivity contribution in [2.24, 2.45) is 0 Å². The lowest BCUT2D eigenvalue weighted by atomic mass is 10.0. The Labute approximate surface area is 191 Å². The minimum Gasteiger partial charge on any atom is -0.368 e. The number of aromatic nitrogens is 2. The highest BCUT2D eigenvalue weighted by atomic mass is 19.1. The number of halogens is 1. The first-order chi connectivity index (χ1) is 16.1. The van der Waals surface area contributed by atoms with E-state index < -0.39 is 0 Å². The summed E-state index contributed by atoms with van der Waals surface area (Å²) in [6, 6.07) is 16.2. The number of benzene rings is 2. The van der Waals surface area contributed by atoms with Crippen molar-refractivity contribution in [1.82, 2.24) is 20.0 Å². The molecule has 0 atom stereocenters. The second-order valence-corrected chi connectivity index (χ2v) is 8.51. The molecule has 5 rings (SSSR count). The van der Waals surface area contributed by atoms with Gasteiger partial charge in [0.1, 0.15) is 5.82 Å². The third-order valence-corrected chi connectivity index (χ3v) is 6.45. The minimum atomic E-state index is -0.319. The van der Waals surface area contributed by atoms with Crippen LogP contribution in [0.4, 0.5) is 10.1 Å². The molecule has 33 heavy (non-hydrogen) atoms. The molecule has 0 saturated carbocycles. The summed E-state index contributed by atoms with van der Waals surface area (Å²) in [7, 11) is 0. The van der Waals surface area contributed by atoms with Gasteiger partial charge in [-0.05, 0) is 29.8 Å². The van der Waals surface area contributed by atoms with E-state index in [0.29, 0.717) is 38.3 Å². The molecule has 1 aromatic heterocycles. The van der Waals surface area contributed by atoms with Gasteiger partial charge < -0.3 is 14.7 Å². The quantitative estimate of drug-likeness (QED) is 0.668. The normalized spacial score (nSPS) is 16.0. The molecule has 8 heteroatoms. The maximum atomic E-state index is 13.3. The van der Waals surface area contributed by atoms with Crippen LogP contribution in [-0.2, 0) is 24.2 Å². The standard InChI is InChI=1S/C25H26FN5O2/c26-19-8-6-18(7-9-19)16-23(32)31-11-10-22-21(17-31)24(28-27-22)25(33)30-14-12-29(13-15-30)20-4-2-1-3-5-20/h1-9H,10-17H2,(H,27,28). The smallest absolute Gasteiger partial charge is 0.274 e. The lowest BCUT2D eigenvalue weighted by Gasteiger charge is -2.36. The Kier molecular flexibility index (Phi) is 5.81. The van der Waals surface area contributed by atoms with Crippen LogP contribution in [0.5, 0.6) is 0 Å². The van der Waals surface area contributed by atoms with Gasteiger partial charge in [0.05, 0.1) is 6.42 Å². The van der Waals surface area contributed by atoms with Crippen molar-refractivity contribution in [2.45, 2.75) is 19.4 Å². The van der Waals surface area contributed by atoms with E-state index >= 15 is 0 Å². The molecule has 2 amide bonds. The molecule has 0 aliphatic carbocycles. The number of carbonyl (C=O) groups excluding carboxylic acids is 2. The fraction of sp³-hybridized carbons (Fsp3) is 0.320. The summed E-state index contributed by atoms with van der Waals surface area (Å²) in [4.78, 5) is 32.0. The fourth-order valence-electron chi connectivity index (χ4n) is 4.53. The van der Waals surface area contributed by atoms with Gasteiger partial charge in [0.2, 0.25) is 5.91 Å². The zero-order valence-electron chi connectivity index (χ0n) is 18.3. The Balaban J connectivity index is 1.24. The van der Waals surface area contributed by atoms with Gasteiger partial charge in [-0.25, -0.2) is 4.39 Å². The Bertz CT molecular complexity index is 1140. The number of amides is 2. The number of para-hydroxylation sites is 1. The molecule has 0 spiro atoms. The van der Waals surface area contributed by atoms with Gasteiger partial charge in [0.25, 0.3) is 5.91 Å². The largest absolute Gasteiger partial charge is 0.368 e. The number of nitrogens with one attached hydrogen (secondary N) is 1. The highest BCUT2D eigenvalue weighted by molar-refractivity contribution is 5.94. The maximum Gasteiger partial charge on any atom is 0.274 e. The number of hydrogen-bond acceptors (Lipinski definition) is 4. The molecule has 1 N–H and O–H groups in total. The monoisotopic (exact) mass is 447 g/mol. The zero-order chi connectivity index (χ0) is 22.8. The highest BCUT2D eigenvalue weighted by Gasteiger charge is 2.31. The third-order valence-electron chi connectivity index (χ3n) is 6.45. The number of H-pyrrole nitrogens is 1. The van der Waals surface area contributed by atoms with E-state index in [0.717, 1.165) is 35.6 Å². The van der Waals surface area contributed by atoms with Crippen molar-refractivity contribution in [1.29, 1.82) is 0 Å². The second kappa shape index (κ2) is 9.05. The van der Waals surface area contributed by atoms with Gasteiger partial charge in [-0.15, -0.1) is 0 Å². The van der Waals surface area contributed by atoms with Crippen LogP contribution in [0.25, 0.3) is 0 Å². The van der Waals surface area contributed by atoms with Crippen LogP contribution in [0.3, 0.4) is 0 Å². The van der Waals surface area contributed by atoms with Gasteiger partial charge in [-0.1, -0.05) is 30.3 Å². The molecule has 2 aliphatic heterocycles. The molecule has 3 aromatic rings. The number of fused-ring (bicyclic) bond motifs is 1. The fourth-order valence-corrected chi connectivity index (χ4v) is 4.53. The molecule has 3 heterocycles. The van der Waals surface area contributed by atoms with Crippen LogP contribution in [0, 0.1) is 5.82 Å². The van der Waals surface area contributed by atoms with Crippen LogP contribution in [0.15, 0.2) is 54.6 Å². The van der Waals surface area contributed by atoms with Crippen molar-refractivity contribution in [2.75, 3.05) is 37.6 Å². The molecule has 1 fully saturated rings. The van der Waals surface area contributed by atoms with Gasteiger partial charge >= 0.3 is 0 Å². The lowest BCUT2D eigenvalue weighted by molar-refractivity contribution is -0.131. The van der Waals surface area contributed by atoms with Crippen LogP contribution in [0.1, 0.15) is 27.3 Å². The van der Waals surface area contributed by atoms with E-state index in [2.05, 4.69) is 27.2 Å². The Morgan fingerprint density at radius 3 is 2.36 bits per heavy atom. The number of nitrogens with zero attached hydrogens (tertiary/aromatic N) is 4. The first kappa shape index (κ1) is 21.2. The number of hydrogen-bond donors (Lipinski definition) is 1. The van der Waals surface area contributed by atoms with Crippen LogP contribution < -0.4 is 4.90 Å². The summed E-state index contributed by atoms with van der Waals surface area (Å²) in [5.41, 5.74) is 4.08. The SMILES string of the molecule is O=C(Cc1ccc(F)cc1)N1CCc2[nH]nc(C(=O)N3CCN(c4ccccc4)CC3)c2C1. The molecule has 0 unspecified atom stereocenters. The molecule has 2 aliphatic rings. The summed E-state index contributed by atoms with van der Waals surface area (Å²) in [5, 5.41) is 7.34. The molecule has 0 radical (unpaired) electrons. The molecular weight excluding hydrogens is 421 g/mol. The molecule has 170 valence electrons. The van der Waals surface area contributed by atoms with Gasteiger partial charge in [-0.2, -0.15) is 5.10 Å². The Hall–Kier alpha value is -3.68. The van der Waals surface area contributed by atoms with Crippen LogP contribution in [0.2, 0.25) is 0 Å². The lowest BCUT2D eigenvalue weighted by Crippen LogP contribution is -2.49. The summed E-state index contributed by atoms with van der Waals surface area (Å²) < 4.78 is 13.1. The summed E-state index contributed by atoms with van der Waals surface area (Å²) in [6.07, 6.45) is 0.838. The average molecular weight is 448 g/mol. The van der Waals surface area contributed by atoms with E-state index in [1.165, 1.54) is 12.1 Å². The van der Waals surface area contributed by atoms with Crippen LogP contribution in [-0.4, -0.2) is 64.5 Å². The number of carbonyl (C=O) groups is 2. The number of rotatable bonds is 4. The van der Waals surface area contributed by atoms with E-state index in [1.54, 1.807) is 17.0 Å². The summed E-state index contributed by atoms with van der Waals surface area (Å²) >= 11 is 0. The van der Waals surface area contributed by atoms with E-state index in [-0.39, 0.29) is 24.1 Å². The summed E-state index contributed by atoms with van der Waals surface area (Å²) in [5.74, 6) is -0.448. The first-order valence-corrected chi connectivity index (χ1v) is 11.3. The maximum absolute atomic E-state index is 13.3. The van der Waals surface area contributed by atoms with Crippen molar-refractivity contribution in [3.8, 4) is 0 Å². The minimum absolute atomic E-state index is 0.0386. The molecule has 7 nitrogen and oxygen atoms in total. The highest BCUT2D eigenvalue weighted by Crippen LogP contribution is 2.23. The van der Waals surface area contributed by atoms with Crippen molar-refractivity contribution in [3.63, 3.8) is 0 Å². The van der Waals surface area contributed by atoms with E-state index in [4.69, 9.17) is 0 Å². The molecular formula is C25H26FN5O2.